The average molecular weight is 275 g/mol. The lowest BCUT2D eigenvalue weighted by Crippen LogP contribution is -2.39. The summed E-state index contributed by atoms with van der Waals surface area (Å²) in [5, 5.41) is 5.82. The predicted molar refractivity (Wildman–Crippen MR) is 77.9 cm³/mol. The van der Waals surface area contributed by atoms with Gasteiger partial charge in [-0.1, -0.05) is 30.3 Å². The summed E-state index contributed by atoms with van der Waals surface area (Å²) in [6.07, 6.45) is 0.724. The zero-order chi connectivity index (χ0) is 13.7. The fourth-order valence-electron chi connectivity index (χ4n) is 1.61. The normalized spacial score (nSPS) is 12.1. The highest BCUT2D eigenvalue weighted by Crippen LogP contribution is 2.23. The highest BCUT2D eigenvalue weighted by atomic mass is 32.1. The van der Waals surface area contributed by atoms with Crippen LogP contribution in [0.15, 0.2) is 35.7 Å². The van der Waals surface area contributed by atoms with Crippen LogP contribution in [0.4, 0.5) is 0 Å². The highest BCUT2D eigenvalue weighted by Gasteiger charge is 2.07. The lowest BCUT2D eigenvalue weighted by molar-refractivity contribution is -0.121. The van der Waals surface area contributed by atoms with Gasteiger partial charge in [-0.2, -0.15) is 0 Å². The average Bonchev–Trinajstić information content (AvgIpc) is 2.88. The van der Waals surface area contributed by atoms with Gasteiger partial charge in [0.1, 0.15) is 5.01 Å². The van der Waals surface area contributed by atoms with Crippen molar-refractivity contribution in [2.75, 3.05) is 6.54 Å². The number of hydrogen-bond acceptors (Lipinski definition) is 4. The van der Waals surface area contributed by atoms with Crippen molar-refractivity contribution in [2.24, 2.45) is 5.73 Å². The van der Waals surface area contributed by atoms with Crippen LogP contribution in [0.25, 0.3) is 10.6 Å². The van der Waals surface area contributed by atoms with Crippen molar-refractivity contribution in [2.45, 2.75) is 19.4 Å². The summed E-state index contributed by atoms with van der Waals surface area (Å²) < 4.78 is 0. The van der Waals surface area contributed by atoms with Gasteiger partial charge in [0, 0.05) is 23.9 Å². The topological polar surface area (TPSA) is 68.0 Å². The van der Waals surface area contributed by atoms with Gasteiger partial charge in [-0.05, 0) is 6.92 Å². The number of benzene rings is 1. The van der Waals surface area contributed by atoms with E-state index in [1.807, 2.05) is 35.7 Å². The minimum Gasteiger partial charge on any atom is -0.354 e. The zero-order valence-corrected chi connectivity index (χ0v) is 11.6. The molecule has 0 radical (unpaired) electrons. The molecule has 1 atom stereocenters. The summed E-state index contributed by atoms with van der Waals surface area (Å²) in [5.41, 5.74) is 7.59. The number of carbonyl (C=O) groups is 1. The van der Waals surface area contributed by atoms with Crippen LogP contribution in [0.1, 0.15) is 12.6 Å². The van der Waals surface area contributed by atoms with Gasteiger partial charge in [0.15, 0.2) is 0 Å². The molecule has 100 valence electrons. The van der Waals surface area contributed by atoms with Crippen LogP contribution < -0.4 is 11.1 Å². The van der Waals surface area contributed by atoms with E-state index in [1.54, 1.807) is 18.3 Å². The summed E-state index contributed by atoms with van der Waals surface area (Å²) >= 11 is 1.62. The van der Waals surface area contributed by atoms with Crippen molar-refractivity contribution in [3.8, 4) is 10.6 Å². The van der Waals surface area contributed by atoms with Crippen molar-refractivity contribution in [1.82, 2.24) is 10.3 Å². The van der Waals surface area contributed by atoms with Crippen molar-refractivity contribution >= 4 is 17.2 Å². The smallest absolute Gasteiger partial charge is 0.236 e. The molecule has 3 N–H and O–H groups in total. The maximum atomic E-state index is 11.3. The Morgan fingerprint density at radius 3 is 2.84 bits per heavy atom. The molecule has 0 aliphatic carbocycles. The van der Waals surface area contributed by atoms with Gasteiger partial charge in [-0.3, -0.25) is 4.79 Å². The second kappa shape index (κ2) is 6.45. The monoisotopic (exact) mass is 275 g/mol. The van der Waals surface area contributed by atoms with E-state index >= 15 is 0 Å². The Bertz CT molecular complexity index is 537. The molecule has 0 aliphatic rings. The number of amides is 1. The molecule has 0 saturated heterocycles. The second-order valence-corrected chi connectivity index (χ2v) is 5.20. The summed E-state index contributed by atoms with van der Waals surface area (Å²) in [6.45, 7) is 2.24. The quantitative estimate of drug-likeness (QED) is 0.874. The van der Waals surface area contributed by atoms with E-state index in [9.17, 15) is 4.79 Å². The maximum absolute atomic E-state index is 11.3. The molecule has 0 bridgehead atoms. The Hall–Kier alpha value is -1.72. The van der Waals surface area contributed by atoms with Crippen molar-refractivity contribution in [3.05, 3.63) is 41.4 Å². The van der Waals surface area contributed by atoms with E-state index in [0.717, 1.165) is 22.7 Å². The second-order valence-electron chi connectivity index (χ2n) is 4.34. The number of aromatic nitrogens is 1. The number of hydrogen-bond donors (Lipinski definition) is 2. The largest absolute Gasteiger partial charge is 0.354 e. The van der Waals surface area contributed by atoms with Crippen LogP contribution in [0.2, 0.25) is 0 Å². The Kier molecular flexibility index (Phi) is 4.65. The minimum absolute atomic E-state index is 0.126. The molecule has 5 heteroatoms. The molecule has 1 heterocycles. The first-order valence-electron chi connectivity index (χ1n) is 6.20. The van der Waals surface area contributed by atoms with Gasteiger partial charge in [0.05, 0.1) is 11.7 Å². The fraction of sp³-hybridized carbons (Fsp3) is 0.286. The molecular formula is C14H17N3OS. The standard InChI is InChI=1S/C14H17N3OS/c1-10(15)13(18)16-8-7-12-9-19-14(17-12)11-5-3-2-4-6-11/h2-6,9-10H,7-8,15H2,1H3,(H,16,18)/t10-/m1/s1. The summed E-state index contributed by atoms with van der Waals surface area (Å²) in [4.78, 5) is 15.9. The van der Waals surface area contributed by atoms with Gasteiger partial charge in [0.25, 0.3) is 0 Å². The van der Waals surface area contributed by atoms with E-state index in [-0.39, 0.29) is 5.91 Å². The van der Waals surface area contributed by atoms with Crippen LogP contribution in [0.3, 0.4) is 0 Å². The Labute approximate surface area is 116 Å². The molecule has 0 saturated carbocycles. The third-order valence-corrected chi connectivity index (χ3v) is 3.61. The third kappa shape index (κ3) is 3.87. The number of nitrogens with one attached hydrogen (secondary N) is 1. The molecule has 2 aromatic rings. The summed E-state index contributed by atoms with van der Waals surface area (Å²) in [5.74, 6) is -0.126. The first-order valence-corrected chi connectivity index (χ1v) is 7.08. The molecule has 0 aliphatic heterocycles. The number of rotatable bonds is 5. The van der Waals surface area contributed by atoms with Crippen molar-refractivity contribution in [3.63, 3.8) is 0 Å². The lowest BCUT2D eigenvalue weighted by atomic mass is 10.2. The Morgan fingerprint density at radius 1 is 1.42 bits per heavy atom. The highest BCUT2D eigenvalue weighted by molar-refractivity contribution is 7.13. The maximum Gasteiger partial charge on any atom is 0.236 e. The van der Waals surface area contributed by atoms with Gasteiger partial charge < -0.3 is 11.1 Å². The van der Waals surface area contributed by atoms with Crippen LogP contribution in [-0.4, -0.2) is 23.5 Å². The van der Waals surface area contributed by atoms with Gasteiger partial charge in [-0.25, -0.2) is 4.98 Å². The third-order valence-electron chi connectivity index (χ3n) is 2.67. The Morgan fingerprint density at radius 2 is 2.16 bits per heavy atom. The molecule has 0 fully saturated rings. The predicted octanol–water partition coefficient (Wildman–Crippen LogP) is 1.82. The van der Waals surface area contributed by atoms with Crippen molar-refractivity contribution in [1.29, 1.82) is 0 Å². The number of nitrogens with two attached hydrogens (primary N) is 1. The van der Waals surface area contributed by atoms with Crippen LogP contribution >= 0.6 is 11.3 Å². The minimum atomic E-state index is -0.463. The summed E-state index contributed by atoms with van der Waals surface area (Å²) in [7, 11) is 0. The number of thiazole rings is 1. The van der Waals surface area contributed by atoms with Crippen molar-refractivity contribution < 1.29 is 4.79 Å². The zero-order valence-electron chi connectivity index (χ0n) is 10.8. The van der Waals surface area contributed by atoms with Crippen LogP contribution in [0, 0.1) is 0 Å². The lowest BCUT2D eigenvalue weighted by Gasteiger charge is -2.05. The van der Waals surface area contributed by atoms with Gasteiger partial charge in [0.2, 0.25) is 5.91 Å². The molecular weight excluding hydrogens is 258 g/mol. The Balaban J connectivity index is 1.90. The molecule has 1 aromatic heterocycles. The summed E-state index contributed by atoms with van der Waals surface area (Å²) in [6, 6.07) is 9.61. The molecule has 1 amide bonds. The van der Waals surface area contributed by atoms with E-state index < -0.39 is 6.04 Å². The first kappa shape index (κ1) is 13.7. The van der Waals surface area contributed by atoms with E-state index in [0.29, 0.717) is 6.54 Å². The molecule has 19 heavy (non-hydrogen) atoms. The first-order chi connectivity index (χ1) is 9.16. The molecule has 2 rings (SSSR count). The van der Waals surface area contributed by atoms with Crippen LogP contribution in [0.5, 0.6) is 0 Å². The van der Waals surface area contributed by atoms with Gasteiger partial charge in [-0.15, -0.1) is 11.3 Å². The van der Waals surface area contributed by atoms with Crippen LogP contribution in [-0.2, 0) is 11.2 Å². The SMILES string of the molecule is C[C@@H](N)C(=O)NCCc1csc(-c2ccccc2)n1. The van der Waals surface area contributed by atoms with E-state index in [2.05, 4.69) is 10.3 Å². The van der Waals surface area contributed by atoms with Gasteiger partial charge >= 0.3 is 0 Å². The number of nitrogens with zero attached hydrogens (tertiary/aromatic N) is 1. The van der Waals surface area contributed by atoms with E-state index in [1.165, 1.54) is 0 Å². The molecule has 0 unspecified atom stereocenters. The van der Waals surface area contributed by atoms with E-state index in [4.69, 9.17) is 5.73 Å². The number of carbonyl (C=O) groups excluding carboxylic acids is 1. The molecule has 0 spiro atoms. The molecule has 4 nitrogen and oxygen atoms in total. The molecule has 1 aromatic carbocycles. The fourth-order valence-corrected chi connectivity index (χ4v) is 2.47.